The van der Waals surface area contributed by atoms with Gasteiger partial charge in [-0.15, -0.1) is 0 Å². The molecule has 4 heteroatoms. The lowest BCUT2D eigenvalue weighted by Gasteiger charge is -2.36. The van der Waals surface area contributed by atoms with Crippen molar-refractivity contribution in [1.82, 2.24) is 10.2 Å². The second-order valence-corrected chi connectivity index (χ2v) is 8.32. The molecule has 0 aliphatic heterocycles. The normalized spacial score (nSPS) is 11.0. The van der Waals surface area contributed by atoms with Crippen LogP contribution in [0.5, 0.6) is 5.75 Å². The lowest BCUT2D eigenvalue weighted by Crippen LogP contribution is -2.49. The molecule has 156 valence electrons. The summed E-state index contributed by atoms with van der Waals surface area (Å²) < 4.78 is 5.95. The SMILES string of the molecule is CC(C)(C)N(Cc1cccc(OCc2ccccc2)c1)C(=O)NCc1ccccc1. The molecular formula is C26H30N2O2. The third kappa shape index (κ3) is 6.38. The van der Waals surface area contributed by atoms with Crippen LogP contribution < -0.4 is 10.1 Å². The van der Waals surface area contributed by atoms with Crippen LogP contribution in [0.4, 0.5) is 4.79 Å². The van der Waals surface area contributed by atoms with E-state index in [0.29, 0.717) is 19.7 Å². The van der Waals surface area contributed by atoms with Gasteiger partial charge in [-0.1, -0.05) is 72.8 Å². The van der Waals surface area contributed by atoms with Crippen molar-refractivity contribution in [1.29, 1.82) is 0 Å². The molecule has 0 heterocycles. The van der Waals surface area contributed by atoms with E-state index >= 15 is 0 Å². The number of carbonyl (C=O) groups is 1. The van der Waals surface area contributed by atoms with E-state index in [1.54, 1.807) is 0 Å². The van der Waals surface area contributed by atoms with E-state index in [-0.39, 0.29) is 11.6 Å². The van der Waals surface area contributed by atoms with Crippen LogP contribution in [0.25, 0.3) is 0 Å². The minimum absolute atomic E-state index is 0.0815. The van der Waals surface area contributed by atoms with Crippen molar-refractivity contribution >= 4 is 6.03 Å². The molecule has 30 heavy (non-hydrogen) atoms. The van der Waals surface area contributed by atoms with Gasteiger partial charge < -0.3 is 15.0 Å². The molecule has 0 saturated heterocycles. The molecule has 4 nitrogen and oxygen atoms in total. The summed E-state index contributed by atoms with van der Waals surface area (Å²) in [6, 6.07) is 27.9. The first-order valence-corrected chi connectivity index (χ1v) is 10.3. The maximum absolute atomic E-state index is 12.9. The fourth-order valence-corrected chi connectivity index (χ4v) is 3.14. The zero-order chi connectivity index (χ0) is 21.4. The molecule has 0 atom stereocenters. The number of nitrogens with zero attached hydrogens (tertiary/aromatic N) is 1. The predicted molar refractivity (Wildman–Crippen MR) is 121 cm³/mol. The zero-order valence-electron chi connectivity index (χ0n) is 18.0. The Morgan fingerprint density at radius 3 is 2.07 bits per heavy atom. The van der Waals surface area contributed by atoms with Crippen molar-refractivity contribution in [3.05, 3.63) is 102 Å². The smallest absolute Gasteiger partial charge is 0.318 e. The van der Waals surface area contributed by atoms with Gasteiger partial charge in [-0.25, -0.2) is 4.79 Å². The van der Waals surface area contributed by atoms with Gasteiger partial charge in [0.05, 0.1) is 0 Å². The molecule has 0 aliphatic rings. The summed E-state index contributed by atoms with van der Waals surface area (Å²) in [4.78, 5) is 14.8. The summed E-state index contributed by atoms with van der Waals surface area (Å²) in [5, 5.41) is 3.04. The van der Waals surface area contributed by atoms with E-state index < -0.39 is 0 Å². The van der Waals surface area contributed by atoms with Gasteiger partial charge in [0.25, 0.3) is 0 Å². The minimum Gasteiger partial charge on any atom is -0.489 e. The molecule has 0 radical (unpaired) electrons. The number of hydrogen-bond donors (Lipinski definition) is 1. The fourth-order valence-electron chi connectivity index (χ4n) is 3.14. The quantitative estimate of drug-likeness (QED) is 0.545. The van der Waals surface area contributed by atoms with Gasteiger partial charge in [0, 0.05) is 18.6 Å². The van der Waals surface area contributed by atoms with Gasteiger partial charge in [-0.05, 0) is 49.6 Å². The number of nitrogens with one attached hydrogen (secondary N) is 1. The molecule has 2 amide bonds. The Hall–Kier alpha value is -3.27. The van der Waals surface area contributed by atoms with Gasteiger partial charge >= 0.3 is 6.03 Å². The first-order chi connectivity index (χ1) is 14.4. The predicted octanol–water partition coefficient (Wildman–Crippen LogP) is 5.78. The summed E-state index contributed by atoms with van der Waals surface area (Å²) in [5.74, 6) is 0.801. The number of urea groups is 1. The lowest BCUT2D eigenvalue weighted by atomic mass is 10.0. The number of benzene rings is 3. The lowest BCUT2D eigenvalue weighted by molar-refractivity contribution is 0.139. The summed E-state index contributed by atoms with van der Waals surface area (Å²) in [7, 11) is 0. The third-order valence-electron chi connectivity index (χ3n) is 4.83. The first kappa shape index (κ1) is 21.4. The Kier molecular flexibility index (Phi) is 7.12. The molecule has 3 aromatic rings. The zero-order valence-corrected chi connectivity index (χ0v) is 18.0. The van der Waals surface area contributed by atoms with Crippen LogP contribution >= 0.6 is 0 Å². The number of ether oxygens (including phenoxy) is 1. The van der Waals surface area contributed by atoms with Gasteiger partial charge in [-0.3, -0.25) is 0 Å². The van der Waals surface area contributed by atoms with Crippen LogP contribution in [0, 0.1) is 0 Å². The number of rotatable bonds is 7. The van der Waals surface area contributed by atoms with Crippen LogP contribution in [-0.4, -0.2) is 16.5 Å². The minimum atomic E-state index is -0.318. The average molecular weight is 403 g/mol. The molecule has 3 aromatic carbocycles. The average Bonchev–Trinajstić information content (AvgIpc) is 2.75. The maximum Gasteiger partial charge on any atom is 0.318 e. The first-order valence-electron chi connectivity index (χ1n) is 10.3. The molecule has 0 saturated carbocycles. The van der Waals surface area contributed by atoms with Crippen LogP contribution in [0.1, 0.15) is 37.5 Å². The molecule has 1 N–H and O–H groups in total. The highest BCUT2D eigenvalue weighted by molar-refractivity contribution is 5.75. The molecule has 3 rings (SSSR count). The van der Waals surface area contributed by atoms with E-state index in [1.807, 2.05) is 111 Å². The standard InChI is InChI=1S/C26H30N2O2/c1-26(2,3)28(25(29)27-18-21-11-6-4-7-12-21)19-23-15-10-16-24(17-23)30-20-22-13-8-5-9-14-22/h4-17H,18-20H2,1-3H3,(H,27,29). The molecule has 0 aromatic heterocycles. The van der Waals surface area contributed by atoms with Crippen molar-refractivity contribution in [2.75, 3.05) is 0 Å². The number of amides is 2. The molecule has 0 fully saturated rings. The van der Waals surface area contributed by atoms with Crippen LogP contribution in [0.3, 0.4) is 0 Å². The van der Waals surface area contributed by atoms with E-state index in [9.17, 15) is 4.79 Å². The van der Waals surface area contributed by atoms with Gasteiger partial charge in [0.1, 0.15) is 12.4 Å². The highest BCUT2D eigenvalue weighted by Gasteiger charge is 2.26. The molecule has 0 bridgehead atoms. The molecule has 0 aliphatic carbocycles. The Morgan fingerprint density at radius 2 is 1.43 bits per heavy atom. The van der Waals surface area contributed by atoms with Gasteiger partial charge in [0.2, 0.25) is 0 Å². The monoisotopic (exact) mass is 402 g/mol. The molecular weight excluding hydrogens is 372 g/mol. The van der Waals surface area contributed by atoms with Gasteiger partial charge in [-0.2, -0.15) is 0 Å². The van der Waals surface area contributed by atoms with Crippen molar-refractivity contribution < 1.29 is 9.53 Å². The highest BCUT2D eigenvalue weighted by Crippen LogP contribution is 2.21. The van der Waals surface area contributed by atoms with Crippen LogP contribution in [0.2, 0.25) is 0 Å². The third-order valence-corrected chi connectivity index (χ3v) is 4.83. The number of carbonyl (C=O) groups excluding carboxylic acids is 1. The van der Waals surface area contributed by atoms with E-state index in [4.69, 9.17) is 4.74 Å². The Balaban J connectivity index is 1.65. The summed E-state index contributed by atoms with van der Waals surface area (Å²) in [6.45, 7) is 7.67. The largest absolute Gasteiger partial charge is 0.489 e. The molecule has 0 spiro atoms. The fraction of sp³-hybridized carbons (Fsp3) is 0.269. The highest BCUT2D eigenvalue weighted by atomic mass is 16.5. The van der Waals surface area contributed by atoms with E-state index in [2.05, 4.69) is 5.32 Å². The van der Waals surface area contributed by atoms with E-state index in [1.165, 1.54) is 0 Å². The second kappa shape index (κ2) is 9.97. The summed E-state index contributed by atoms with van der Waals surface area (Å²) in [6.07, 6.45) is 0. The van der Waals surface area contributed by atoms with Crippen molar-refractivity contribution in [2.24, 2.45) is 0 Å². The maximum atomic E-state index is 12.9. The topological polar surface area (TPSA) is 41.6 Å². The van der Waals surface area contributed by atoms with Crippen molar-refractivity contribution in [3.8, 4) is 5.75 Å². The Labute approximate surface area is 179 Å². The van der Waals surface area contributed by atoms with Crippen molar-refractivity contribution in [2.45, 2.75) is 46.0 Å². The van der Waals surface area contributed by atoms with Crippen molar-refractivity contribution in [3.63, 3.8) is 0 Å². The molecule has 0 unspecified atom stereocenters. The Bertz CT molecular complexity index is 934. The Morgan fingerprint density at radius 1 is 0.833 bits per heavy atom. The number of hydrogen-bond acceptors (Lipinski definition) is 2. The summed E-state index contributed by atoms with van der Waals surface area (Å²) >= 11 is 0. The van der Waals surface area contributed by atoms with Gasteiger partial charge in [0.15, 0.2) is 0 Å². The van der Waals surface area contributed by atoms with Crippen LogP contribution in [0.15, 0.2) is 84.9 Å². The summed E-state index contributed by atoms with van der Waals surface area (Å²) in [5.41, 5.74) is 2.92. The van der Waals surface area contributed by atoms with Crippen LogP contribution in [-0.2, 0) is 19.7 Å². The van der Waals surface area contributed by atoms with E-state index in [0.717, 1.165) is 22.4 Å². The second-order valence-electron chi connectivity index (χ2n) is 8.32.